The first-order valence-electron chi connectivity index (χ1n) is 13.0. The number of nitrogens with one attached hydrogen (secondary N) is 2. The van der Waals surface area contributed by atoms with Gasteiger partial charge in [0.05, 0.1) is 11.1 Å². The summed E-state index contributed by atoms with van der Waals surface area (Å²) in [5.74, 6) is -1.16. The molecule has 0 bridgehead atoms. The molecule has 0 spiro atoms. The molecule has 10 heteroatoms. The van der Waals surface area contributed by atoms with Crippen molar-refractivity contribution in [3.8, 4) is 0 Å². The van der Waals surface area contributed by atoms with E-state index in [-0.39, 0.29) is 17.3 Å². The lowest BCUT2D eigenvalue weighted by molar-refractivity contribution is -0.137. The molecule has 0 unspecified atom stereocenters. The van der Waals surface area contributed by atoms with E-state index in [0.29, 0.717) is 0 Å². The van der Waals surface area contributed by atoms with Crippen molar-refractivity contribution < 1.29 is 27.9 Å². The van der Waals surface area contributed by atoms with E-state index in [2.05, 4.69) is 55.4 Å². The summed E-state index contributed by atoms with van der Waals surface area (Å²) in [6, 6.07) is 2.50. The lowest BCUT2D eigenvalue weighted by Gasteiger charge is -2.34. The zero-order valence-corrected chi connectivity index (χ0v) is 25.8. The van der Waals surface area contributed by atoms with Crippen LogP contribution in [0.4, 0.5) is 13.2 Å². The zero-order chi connectivity index (χ0) is 32.6. The number of allylic oxidation sites excluding steroid dienone is 4. The normalized spacial score (nSPS) is 12.4. The number of hydrogen-bond donors (Lipinski definition) is 3. The third-order valence-corrected chi connectivity index (χ3v) is 4.94. The van der Waals surface area contributed by atoms with Gasteiger partial charge in [-0.3, -0.25) is 9.59 Å². The maximum absolute atomic E-state index is 12.7. The van der Waals surface area contributed by atoms with Gasteiger partial charge in [0, 0.05) is 6.21 Å². The van der Waals surface area contributed by atoms with Gasteiger partial charge in [0.15, 0.2) is 6.10 Å². The van der Waals surface area contributed by atoms with Crippen LogP contribution in [0.25, 0.3) is 0 Å². The molecule has 1 rings (SSSR count). The van der Waals surface area contributed by atoms with E-state index in [0.717, 1.165) is 24.3 Å². The molecule has 0 radical (unpaired) electrons. The van der Waals surface area contributed by atoms with E-state index in [1.807, 2.05) is 41.5 Å². The summed E-state index contributed by atoms with van der Waals surface area (Å²) in [5.41, 5.74) is -0.0378. The van der Waals surface area contributed by atoms with Crippen LogP contribution in [0.1, 0.15) is 79.5 Å². The Balaban J connectivity index is 0. The zero-order valence-electron chi connectivity index (χ0n) is 25.8. The van der Waals surface area contributed by atoms with Gasteiger partial charge in [0.2, 0.25) is 5.91 Å². The van der Waals surface area contributed by atoms with Crippen LogP contribution in [-0.4, -0.2) is 39.7 Å². The minimum absolute atomic E-state index is 0.0329. The minimum atomic E-state index is -4.53. The molecular weight excluding hydrogens is 533 g/mol. The first-order valence-corrected chi connectivity index (χ1v) is 13.0. The number of amides is 2. The molecule has 0 aliphatic heterocycles. The number of carbonyl (C=O) groups excluding carboxylic acids is 2. The summed E-state index contributed by atoms with van der Waals surface area (Å²) < 4.78 is 38.0. The summed E-state index contributed by atoms with van der Waals surface area (Å²) >= 11 is 0. The van der Waals surface area contributed by atoms with Crippen molar-refractivity contribution in [2.75, 3.05) is 0 Å². The van der Waals surface area contributed by atoms with Crippen molar-refractivity contribution in [2.24, 2.45) is 11.0 Å². The highest BCUT2D eigenvalue weighted by Gasteiger charge is 2.31. The Morgan fingerprint density at radius 1 is 1.00 bits per heavy atom. The molecular formula is C31H47F3N4O3. The Morgan fingerprint density at radius 2 is 1.46 bits per heavy atom. The predicted octanol–water partition coefficient (Wildman–Crippen LogP) is 6.90. The van der Waals surface area contributed by atoms with Crippen LogP contribution in [0.5, 0.6) is 0 Å². The van der Waals surface area contributed by atoms with Crippen LogP contribution in [0.15, 0.2) is 78.7 Å². The van der Waals surface area contributed by atoms with Gasteiger partial charge in [-0.15, -0.1) is 0 Å². The highest BCUT2D eigenvalue weighted by atomic mass is 19.4. The van der Waals surface area contributed by atoms with Crippen molar-refractivity contribution in [3.05, 3.63) is 84.8 Å². The van der Waals surface area contributed by atoms with E-state index in [1.165, 1.54) is 17.5 Å². The Morgan fingerprint density at radius 3 is 1.80 bits per heavy atom. The number of aliphatic hydroxyl groups excluding tert-OH is 1. The molecule has 1 aromatic carbocycles. The topological polar surface area (TPSA) is 94.0 Å². The van der Waals surface area contributed by atoms with Crippen molar-refractivity contribution in [2.45, 2.75) is 86.2 Å². The molecule has 0 saturated heterocycles. The molecule has 2 atom stereocenters. The van der Waals surface area contributed by atoms with Crippen LogP contribution < -0.4 is 10.6 Å². The number of hydrazone groups is 1. The van der Waals surface area contributed by atoms with Crippen molar-refractivity contribution in [1.82, 2.24) is 15.6 Å². The summed E-state index contributed by atoms with van der Waals surface area (Å²) in [6.45, 7) is 27.7. The van der Waals surface area contributed by atoms with Gasteiger partial charge in [0.25, 0.3) is 5.91 Å². The Labute approximate surface area is 243 Å². The highest BCUT2D eigenvalue weighted by Crippen LogP contribution is 2.30. The Bertz CT molecular complexity index is 1040. The lowest BCUT2D eigenvalue weighted by atomic mass is 10.1. The molecule has 1 aromatic rings. The molecule has 0 saturated carbocycles. The molecule has 0 aliphatic carbocycles. The van der Waals surface area contributed by atoms with Crippen molar-refractivity contribution in [3.63, 3.8) is 0 Å². The van der Waals surface area contributed by atoms with Crippen molar-refractivity contribution >= 4 is 18.0 Å². The van der Waals surface area contributed by atoms with E-state index in [4.69, 9.17) is 0 Å². The molecule has 0 aliphatic rings. The average molecular weight is 581 g/mol. The second-order valence-corrected chi connectivity index (χ2v) is 10.5. The van der Waals surface area contributed by atoms with Crippen LogP contribution in [-0.2, 0) is 15.8 Å². The van der Waals surface area contributed by atoms with Crippen LogP contribution >= 0.6 is 0 Å². The maximum atomic E-state index is 12.7. The number of benzene rings is 1. The average Bonchev–Trinajstić information content (AvgIpc) is 2.87. The summed E-state index contributed by atoms with van der Waals surface area (Å²) in [7, 11) is 0. The molecule has 0 aromatic heterocycles. The summed E-state index contributed by atoms with van der Waals surface area (Å²) in [4.78, 5) is 24.8. The second-order valence-electron chi connectivity index (χ2n) is 10.5. The largest absolute Gasteiger partial charge is 0.416 e. The molecule has 230 valence electrons. The monoisotopic (exact) mass is 580 g/mol. The number of carbonyl (C=O) groups is 2. The maximum Gasteiger partial charge on any atom is 0.416 e. The fourth-order valence-electron chi connectivity index (χ4n) is 2.51. The standard InChI is InChI=1S/C22H31F3N4O3.C5H10.C4H6/c1-13(2)12-26-29(21(5,6)7)15(4)28-19(31)14(3)27-20(32)18(30)16-8-10-17(11-9-16)22(23,24)25;1-4-5(2)3;1-3-4-2/h8-14,18,30H,4H2,1-3,5-7H3,(H,27,32)(H,28,31);4H,1-3H3;3-4H,1-2H2/b26-12+;;/t14-,18-;;/m0../s1. The van der Waals surface area contributed by atoms with Gasteiger partial charge < -0.3 is 15.7 Å². The number of hydrogen-bond acceptors (Lipinski definition) is 5. The molecule has 7 nitrogen and oxygen atoms in total. The first kappa shape index (κ1) is 39.5. The van der Waals surface area contributed by atoms with Gasteiger partial charge in [-0.1, -0.05) is 69.5 Å². The van der Waals surface area contributed by atoms with E-state index < -0.39 is 41.2 Å². The predicted molar refractivity (Wildman–Crippen MR) is 162 cm³/mol. The van der Waals surface area contributed by atoms with Gasteiger partial charge in [-0.2, -0.15) is 18.3 Å². The van der Waals surface area contributed by atoms with Gasteiger partial charge in [-0.05, 0) is 72.1 Å². The molecule has 2 amide bonds. The number of halogens is 3. The smallest absolute Gasteiger partial charge is 0.378 e. The molecule has 41 heavy (non-hydrogen) atoms. The van der Waals surface area contributed by atoms with Gasteiger partial charge >= 0.3 is 6.18 Å². The molecule has 3 N–H and O–H groups in total. The highest BCUT2D eigenvalue weighted by molar-refractivity contribution is 5.90. The van der Waals surface area contributed by atoms with Crippen LogP contribution in [0.3, 0.4) is 0 Å². The first-order chi connectivity index (χ1) is 18.7. The second kappa shape index (κ2) is 18.6. The third kappa shape index (κ3) is 16.9. The number of rotatable bonds is 9. The fourth-order valence-corrected chi connectivity index (χ4v) is 2.51. The summed E-state index contributed by atoms with van der Waals surface area (Å²) in [5, 5.41) is 20.9. The van der Waals surface area contributed by atoms with E-state index in [9.17, 15) is 27.9 Å². The molecule has 0 fully saturated rings. The Hall–Kier alpha value is -3.66. The number of aliphatic hydroxyl groups is 1. The van der Waals surface area contributed by atoms with Crippen molar-refractivity contribution in [1.29, 1.82) is 0 Å². The fraction of sp³-hybridized carbons (Fsp3) is 0.452. The summed E-state index contributed by atoms with van der Waals surface area (Å²) in [6.07, 6.45) is 0.798. The van der Waals surface area contributed by atoms with Gasteiger partial charge in [-0.25, -0.2) is 5.01 Å². The van der Waals surface area contributed by atoms with Gasteiger partial charge in [0.1, 0.15) is 11.9 Å². The van der Waals surface area contributed by atoms with E-state index in [1.54, 1.807) is 18.4 Å². The van der Waals surface area contributed by atoms with Crippen LogP contribution in [0, 0.1) is 5.92 Å². The number of nitrogens with zero attached hydrogens (tertiary/aromatic N) is 2. The lowest BCUT2D eigenvalue weighted by Crippen LogP contribution is -2.49. The minimum Gasteiger partial charge on any atom is -0.378 e. The number of alkyl halides is 3. The quantitative estimate of drug-likeness (QED) is 0.128. The Kier molecular flexibility index (Phi) is 18.0. The van der Waals surface area contributed by atoms with Crippen LogP contribution in [0.2, 0.25) is 0 Å². The SMILES string of the molecule is C=C(NC(=O)[C@H](C)NC(=O)[C@@H](O)c1ccc(C(F)(F)F)cc1)N(/N=C/C(C)C)C(C)(C)C.C=CC=C.CC=C(C)C. The third-order valence-electron chi connectivity index (χ3n) is 4.94. The molecule has 0 heterocycles. The van der Waals surface area contributed by atoms with E-state index >= 15 is 0 Å².